The highest BCUT2D eigenvalue weighted by Crippen LogP contribution is 2.27. The third-order valence-corrected chi connectivity index (χ3v) is 4.92. The lowest BCUT2D eigenvalue weighted by Gasteiger charge is -2.31. The number of aromatic nitrogens is 5. The summed E-state index contributed by atoms with van der Waals surface area (Å²) in [4.78, 5) is 19.5. The fraction of sp³-hybridized carbons (Fsp3) is 0.316. The van der Waals surface area contributed by atoms with Gasteiger partial charge >= 0.3 is 0 Å². The van der Waals surface area contributed by atoms with E-state index >= 15 is 0 Å². The second-order valence-electron chi connectivity index (χ2n) is 6.72. The zero-order valence-electron chi connectivity index (χ0n) is 14.7. The Bertz CT molecular complexity index is 1000. The van der Waals surface area contributed by atoms with Gasteiger partial charge in [0.05, 0.1) is 0 Å². The molecule has 0 bridgehead atoms. The third-order valence-electron chi connectivity index (χ3n) is 4.92. The van der Waals surface area contributed by atoms with Crippen molar-refractivity contribution < 1.29 is 8.94 Å². The molecule has 4 aromatic heterocycles. The monoisotopic (exact) mass is 362 g/mol. The Morgan fingerprint density at radius 2 is 1.96 bits per heavy atom. The SMILES string of the molecule is c1cnc(N2CCC(Cc3noc(-c4cc5cnccc5o4)n3)CC2)nc1. The maximum Gasteiger partial charge on any atom is 0.293 e. The van der Waals surface area contributed by atoms with E-state index in [0.717, 1.165) is 55.1 Å². The van der Waals surface area contributed by atoms with E-state index in [1.54, 1.807) is 24.8 Å². The molecule has 0 radical (unpaired) electrons. The second-order valence-corrected chi connectivity index (χ2v) is 6.72. The van der Waals surface area contributed by atoms with Crippen LogP contribution in [0.5, 0.6) is 0 Å². The number of anilines is 1. The fourth-order valence-corrected chi connectivity index (χ4v) is 3.48. The molecule has 1 fully saturated rings. The van der Waals surface area contributed by atoms with Crippen LogP contribution in [0.4, 0.5) is 5.95 Å². The minimum atomic E-state index is 0.413. The first kappa shape index (κ1) is 15.9. The van der Waals surface area contributed by atoms with Gasteiger partial charge in [-0.2, -0.15) is 4.98 Å². The van der Waals surface area contributed by atoms with E-state index in [9.17, 15) is 0 Å². The van der Waals surface area contributed by atoms with Crippen LogP contribution in [0.1, 0.15) is 18.7 Å². The highest BCUT2D eigenvalue weighted by atomic mass is 16.5. The Morgan fingerprint density at radius 1 is 1.11 bits per heavy atom. The largest absolute Gasteiger partial charge is 0.451 e. The Hall–Kier alpha value is -3.29. The Balaban J connectivity index is 1.24. The normalized spacial score (nSPS) is 15.5. The summed E-state index contributed by atoms with van der Waals surface area (Å²) in [6.07, 6.45) is 9.92. The van der Waals surface area contributed by atoms with E-state index in [1.807, 2.05) is 18.2 Å². The van der Waals surface area contributed by atoms with Crippen LogP contribution >= 0.6 is 0 Å². The first-order chi connectivity index (χ1) is 13.3. The summed E-state index contributed by atoms with van der Waals surface area (Å²) >= 11 is 0. The number of rotatable bonds is 4. The molecular formula is C19H18N6O2. The number of fused-ring (bicyclic) bond motifs is 1. The molecule has 0 saturated carbocycles. The summed E-state index contributed by atoms with van der Waals surface area (Å²) < 4.78 is 11.2. The molecule has 4 aromatic rings. The number of furan rings is 1. The molecule has 0 unspecified atom stereocenters. The highest BCUT2D eigenvalue weighted by molar-refractivity contribution is 5.80. The van der Waals surface area contributed by atoms with Crippen LogP contribution in [0.15, 0.2) is 51.9 Å². The molecular weight excluding hydrogens is 344 g/mol. The van der Waals surface area contributed by atoms with E-state index in [-0.39, 0.29) is 0 Å². The zero-order chi connectivity index (χ0) is 18.1. The summed E-state index contributed by atoms with van der Waals surface area (Å²) in [6, 6.07) is 5.53. The summed E-state index contributed by atoms with van der Waals surface area (Å²) in [5.41, 5.74) is 0.759. The van der Waals surface area contributed by atoms with Gasteiger partial charge in [0.2, 0.25) is 5.95 Å². The predicted octanol–water partition coefficient (Wildman–Crippen LogP) is 3.13. The first-order valence-electron chi connectivity index (χ1n) is 9.03. The molecule has 1 aliphatic rings. The van der Waals surface area contributed by atoms with Gasteiger partial charge in [0, 0.05) is 49.7 Å². The van der Waals surface area contributed by atoms with Crippen LogP contribution in [0.25, 0.3) is 22.6 Å². The van der Waals surface area contributed by atoms with Gasteiger partial charge in [0.15, 0.2) is 11.6 Å². The zero-order valence-corrected chi connectivity index (χ0v) is 14.7. The second kappa shape index (κ2) is 6.79. The molecule has 5 rings (SSSR count). The van der Waals surface area contributed by atoms with Crippen LogP contribution in [0.3, 0.4) is 0 Å². The number of nitrogens with zero attached hydrogens (tertiary/aromatic N) is 6. The smallest absolute Gasteiger partial charge is 0.293 e. The number of piperidine rings is 1. The van der Waals surface area contributed by atoms with Crippen molar-refractivity contribution in [2.75, 3.05) is 18.0 Å². The molecule has 8 nitrogen and oxygen atoms in total. The van der Waals surface area contributed by atoms with Crippen LogP contribution in [-0.2, 0) is 6.42 Å². The summed E-state index contributed by atoms with van der Waals surface area (Å²) in [5.74, 6) is 3.04. The number of hydrogen-bond acceptors (Lipinski definition) is 8. The van der Waals surface area contributed by atoms with E-state index < -0.39 is 0 Å². The minimum absolute atomic E-state index is 0.413. The summed E-state index contributed by atoms with van der Waals surface area (Å²) in [6.45, 7) is 1.88. The summed E-state index contributed by atoms with van der Waals surface area (Å²) in [7, 11) is 0. The minimum Gasteiger partial charge on any atom is -0.451 e. The van der Waals surface area contributed by atoms with Gasteiger partial charge in [-0.15, -0.1) is 0 Å². The van der Waals surface area contributed by atoms with Crippen molar-refractivity contribution in [2.45, 2.75) is 19.3 Å². The van der Waals surface area contributed by atoms with Crippen molar-refractivity contribution in [1.82, 2.24) is 25.1 Å². The van der Waals surface area contributed by atoms with E-state index in [4.69, 9.17) is 8.94 Å². The molecule has 0 atom stereocenters. The van der Waals surface area contributed by atoms with E-state index in [0.29, 0.717) is 17.6 Å². The van der Waals surface area contributed by atoms with Crippen molar-refractivity contribution in [3.63, 3.8) is 0 Å². The van der Waals surface area contributed by atoms with Gasteiger partial charge in [-0.05, 0) is 37.0 Å². The number of pyridine rings is 1. The molecule has 8 heteroatoms. The molecule has 0 N–H and O–H groups in total. The van der Waals surface area contributed by atoms with Crippen LogP contribution in [-0.4, -0.2) is 38.2 Å². The maximum atomic E-state index is 5.76. The number of hydrogen-bond donors (Lipinski definition) is 0. The molecule has 1 saturated heterocycles. The average Bonchev–Trinajstić information content (AvgIpc) is 3.36. The topological polar surface area (TPSA) is 94.0 Å². The van der Waals surface area contributed by atoms with E-state index in [1.165, 1.54) is 0 Å². The lowest BCUT2D eigenvalue weighted by Crippen LogP contribution is -2.35. The first-order valence-corrected chi connectivity index (χ1v) is 9.03. The third kappa shape index (κ3) is 3.25. The molecule has 0 aromatic carbocycles. The molecule has 0 aliphatic carbocycles. The van der Waals surface area contributed by atoms with Crippen LogP contribution < -0.4 is 4.90 Å². The van der Waals surface area contributed by atoms with Crippen LogP contribution in [0.2, 0.25) is 0 Å². The lowest BCUT2D eigenvalue weighted by molar-refractivity contribution is 0.374. The van der Waals surface area contributed by atoms with Gasteiger partial charge in [-0.1, -0.05) is 5.16 Å². The van der Waals surface area contributed by atoms with Gasteiger partial charge < -0.3 is 13.8 Å². The van der Waals surface area contributed by atoms with Gasteiger partial charge in [0.1, 0.15) is 5.58 Å². The molecule has 5 heterocycles. The molecule has 136 valence electrons. The fourth-order valence-electron chi connectivity index (χ4n) is 3.48. The van der Waals surface area contributed by atoms with Crippen molar-refractivity contribution >= 4 is 16.9 Å². The molecule has 0 spiro atoms. The average molecular weight is 362 g/mol. The Labute approximate surface area is 155 Å². The van der Waals surface area contributed by atoms with Crippen molar-refractivity contribution in [2.24, 2.45) is 5.92 Å². The predicted molar refractivity (Wildman–Crippen MR) is 98.0 cm³/mol. The molecule has 27 heavy (non-hydrogen) atoms. The lowest BCUT2D eigenvalue weighted by atomic mass is 9.93. The quantitative estimate of drug-likeness (QED) is 0.546. The summed E-state index contributed by atoms with van der Waals surface area (Å²) in [5, 5.41) is 5.05. The van der Waals surface area contributed by atoms with Crippen molar-refractivity contribution in [3.8, 4) is 11.7 Å². The maximum absolute atomic E-state index is 5.76. The van der Waals surface area contributed by atoms with Crippen molar-refractivity contribution in [3.05, 3.63) is 48.8 Å². The van der Waals surface area contributed by atoms with Crippen molar-refractivity contribution in [1.29, 1.82) is 0 Å². The van der Waals surface area contributed by atoms with Gasteiger partial charge in [0.25, 0.3) is 5.89 Å². The van der Waals surface area contributed by atoms with Crippen LogP contribution in [0, 0.1) is 5.92 Å². The van der Waals surface area contributed by atoms with E-state index in [2.05, 4.69) is 30.0 Å². The Morgan fingerprint density at radius 3 is 2.78 bits per heavy atom. The Kier molecular flexibility index (Phi) is 4.00. The van der Waals surface area contributed by atoms with Gasteiger partial charge in [-0.3, -0.25) is 4.98 Å². The van der Waals surface area contributed by atoms with Gasteiger partial charge in [-0.25, -0.2) is 9.97 Å². The molecule has 1 aliphatic heterocycles. The highest BCUT2D eigenvalue weighted by Gasteiger charge is 2.23. The molecule has 0 amide bonds. The standard InChI is InChI=1S/C19H18N6O2/c1-5-21-19(22-6-1)25-8-3-13(4-9-25)10-17-23-18(27-24-17)16-11-14-12-20-7-2-15(14)26-16/h1-2,5-7,11-13H,3-4,8-10H2.